The molecule has 5 aromatic carbocycles. The number of hydrogen-bond acceptors (Lipinski definition) is 15. The van der Waals surface area contributed by atoms with Gasteiger partial charge in [0.15, 0.2) is 5.96 Å². The molecular weight excluding hydrogens is 1330 g/mol. The summed E-state index contributed by atoms with van der Waals surface area (Å²) >= 11 is 6.23. The number of nitrogens with one attached hydrogen (secondary N) is 8. The first-order valence-electron chi connectivity index (χ1n) is 34.8. The molecule has 17 N–H and O–H groups in total. The first kappa shape index (κ1) is 79.8. The van der Waals surface area contributed by atoms with Gasteiger partial charge in [-0.1, -0.05) is 148 Å². The number of ether oxygens (including phenoxy) is 1. The minimum Gasteiger partial charge on any atom is -0.394 e. The molecule has 2 aliphatic heterocycles. The number of rotatable bonds is 37. The van der Waals surface area contributed by atoms with Gasteiger partial charge in [-0.3, -0.25) is 57.8 Å². The van der Waals surface area contributed by atoms with E-state index in [0.29, 0.717) is 47.9 Å². The van der Waals surface area contributed by atoms with Crippen LogP contribution >= 0.6 is 11.6 Å². The molecule has 0 unspecified atom stereocenters. The molecule has 0 aromatic heterocycles. The molecule has 7 rings (SSSR count). The summed E-state index contributed by atoms with van der Waals surface area (Å²) in [5.74, 6) is -8.31. The summed E-state index contributed by atoms with van der Waals surface area (Å²) in [5, 5.41) is 35.2. The zero-order chi connectivity index (χ0) is 74.0. The number of aliphatic hydroxyl groups excluding tert-OH is 1. The largest absolute Gasteiger partial charge is 0.394 e. The topological polar surface area (TPSA) is 419 Å². The van der Waals surface area contributed by atoms with Crippen LogP contribution in [0, 0.1) is 11.8 Å². The number of hydrogen-bond donors (Lipinski definition) is 13. The number of amides is 10. The number of carbonyl (C=O) groups excluding carboxylic acids is 10. The summed E-state index contributed by atoms with van der Waals surface area (Å²) in [6.45, 7) is 11.3. The van der Waals surface area contributed by atoms with Crippen LogP contribution in [0.4, 0.5) is 0 Å². The second-order valence-electron chi connectivity index (χ2n) is 27.0. The molecule has 0 bridgehead atoms. The van der Waals surface area contributed by atoms with E-state index in [0.717, 1.165) is 35.0 Å². The van der Waals surface area contributed by atoms with Crippen molar-refractivity contribution >= 4 is 87.4 Å². The third kappa shape index (κ3) is 24.9. The van der Waals surface area contributed by atoms with Gasteiger partial charge in [-0.25, -0.2) is 0 Å². The van der Waals surface area contributed by atoms with Gasteiger partial charge >= 0.3 is 0 Å². The Morgan fingerprint density at radius 2 is 1.01 bits per heavy atom. The number of aliphatic hydroxyl groups is 1. The van der Waals surface area contributed by atoms with Crippen LogP contribution in [-0.2, 0) is 84.9 Å². The van der Waals surface area contributed by atoms with Crippen LogP contribution in [0.1, 0.15) is 101 Å². The molecule has 550 valence electrons. The van der Waals surface area contributed by atoms with Gasteiger partial charge < -0.3 is 80.2 Å². The molecule has 0 aliphatic carbocycles. The average Bonchev–Trinajstić information content (AvgIpc) is 1.30. The number of carbonyl (C=O) groups is 10. The molecule has 2 aliphatic rings. The Morgan fingerprint density at radius 3 is 1.56 bits per heavy atom. The number of aliphatic imine (C=N–C) groups is 1. The van der Waals surface area contributed by atoms with Crippen LogP contribution in [0.15, 0.2) is 126 Å². The molecule has 0 saturated carbocycles. The fourth-order valence-corrected chi connectivity index (χ4v) is 12.5. The first-order chi connectivity index (χ1) is 48.7. The van der Waals surface area contributed by atoms with Gasteiger partial charge in [0, 0.05) is 57.0 Å². The predicted molar refractivity (Wildman–Crippen MR) is 388 cm³/mol. The molecule has 2 fully saturated rings. The lowest BCUT2D eigenvalue weighted by atomic mass is 9.98. The maximum atomic E-state index is 15.1. The molecule has 28 heteroatoms. The highest BCUT2D eigenvalue weighted by Crippen LogP contribution is 2.23. The maximum absolute atomic E-state index is 15.1. The number of benzene rings is 5. The first-order valence-corrected chi connectivity index (χ1v) is 35.2. The Hall–Kier alpha value is -9.54. The predicted octanol–water partition coefficient (Wildman–Crippen LogP) is 1.44. The Balaban J connectivity index is 1.11. The highest BCUT2D eigenvalue weighted by atomic mass is 35.5. The van der Waals surface area contributed by atoms with Gasteiger partial charge in [-0.2, -0.15) is 0 Å². The summed E-state index contributed by atoms with van der Waals surface area (Å²) in [6, 6.07) is 23.4. The lowest BCUT2D eigenvalue weighted by molar-refractivity contribution is -0.142. The maximum Gasteiger partial charge on any atom is 0.245 e. The number of nitrogens with zero attached hydrogens (tertiary/aromatic N) is 3. The van der Waals surface area contributed by atoms with Gasteiger partial charge in [0.05, 0.1) is 25.9 Å². The van der Waals surface area contributed by atoms with Crippen molar-refractivity contribution in [1.82, 2.24) is 52.3 Å². The van der Waals surface area contributed by atoms with Crippen LogP contribution < -0.4 is 65.5 Å². The average molecular weight is 1430 g/mol. The minimum atomic E-state index is -1.71. The van der Waals surface area contributed by atoms with Gasteiger partial charge in [-0.05, 0) is 114 Å². The van der Waals surface area contributed by atoms with Gasteiger partial charge in [-0.15, -0.1) is 0 Å². The van der Waals surface area contributed by atoms with Crippen LogP contribution in [0.3, 0.4) is 0 Å². The molecule has 10 amide bonds. The lowest BCUT2D eigenvalue weighted by Gasteiger charge is -2.31. The van der Waals surface area contributed by atoms with E-state index in [-0.39, 0.29) is 88.7 Å². The molecular formula is C74H100ClN15O12. The molecule has 10 atom stereocenters. The van der Waals surface area contributed by atoms with Crippen LogP contribution in [0.5, 0.6) is 0 Å². The Morgan fingerprint density at radius 1 is 0.539 bits per heavy atom. The van der Waals surface area contributed by atoms with Crippen molar-refractivity contribution in [2.45, 2.75) is 166 Å². The third-order valence-corrected chi connectivity index (χ3v) is 18.1. The van der Waals surface area contributed by atoms with Crippen molar-refractivity contribution in [2.24, 2.45) is 39.8 Å². The van der Waals surface area contributed by atoms with Gasteiger partial charge in [0.1, 0.15) is 54.4 Å². The van der Waals surface area contributed by atoms with E-state index in [1.807, 2.05) is 80.6 Å². The highest BCUT2D eigenvalue weighted by molar-refractivity contribution is 6.30. The minimum absolute atomic E-state index is 0.00601. The third-order valence-electron chi connectivity index (χ3n) is 17.8. The number of fused-ring (bicyclic) bond motifs is 1. The normalized spacial score (nSPS) is 16.5. The Labute approximate surface area is 600 Å². The fourth-order valence-electron chi connectivity index (χ4n) is 12.3. The van der Waals surface area contributed by atoms with Crippen LogP contribution in [-0.4, -0.2) is 186 Å². The molecule has 102 heavy (non-hydrogen) atoms. The molecule has 0 radical (unpaired) electrons. The fraction of sp³-hybridized carbons (Fsp3) is 0.473. The van der Waals surface area contributed by atoms with Crippen molar-refractivity contribution in [2.75, 3.05) is 46.0 Å². The number of likely N-dealkylation sites (tertiary alicyclic amines) is 1. The number of halogens is 1. The van der Waals surface area contributed by atoms with Crippen molar-refractivity contribution in [1.29, 1.82) is 0 Å². The quantitative estimate of drug-likeness (QED) is 0.0152. The number of nitrogens with two attached hydrogens (primary N) is 4. The zero-order valence-corrected chi connectivity index (χ0v) is 59.4. The van der Waals surface area contributed by atoms with Crippen molar-refractivity contribution in [3.05, 3.63) is 154 Å². The Bertz CT molecular complexity index is 3680. The standard InChI is InChI=1S/C74H100ClN15O12/c1-44(2)36-57(66(94)82-56(20-12-30-80-74(78)79)73(101)90-31-13-21-63(90)72(100)81-46(5)64(77)92)84-69(97)61(39-48-22-24-50(25-23-48)42-89-32-34-102-35-33-89)86-67(95)58(37-45(3)4)85-71(99)62(43-91)88-70(98)60(38-47-14-7-6-8-15-47)87-68(96)59(40-49-26-28-53(75)29-27-49)83-65(93)55(76)41-52-18-11-17-51-16-9-10-19-54(51)52/h6-11,14-19,22-29,44-46,55-63,91H,12-13,20-21,30-43,76H2,1-5H3,(H2,77,92)(H,81,100)(H,82,94)(H,83,93)(H,84,97)(H,85,99)(H,86,95)(H,87,96)(H,88,98)(H4,78,79,80)/t46-,55-,56+,57+,58+,59-,60-,61-,62+,63+/m1/s1. The number of guanidine groups is 1. The highest BCUT2D eigenvalue weighted by Gasteiger charge is 2.40. The van der Waals surface area contributed by atoms with Crippen LogP contribution in [0.25, 0.3) is 10.8 Å². The summed E-state index contributed by atoms with van der Waals surface area (Å²) in [7, 11) is 0. The summed E-state index contributed by atoms with van der Waals surface area (Å²) < 4.78 is 5.54. The second kappa shape index (κ2) is 39.6. The zero-order valence-electron chi connectivity index (χ0n) is 58.7. The van der Waals surface area contributed by atoms with Crippen molar-refractivity contribution < 1.29 is 57.8 Å². The smallest absolute Gasteiger partial charge is 0.245 e. The number of morpholine rings is 1. The summed E-state index contributed by atoms with van der Waals surface area (Å²) in [4.78, 5) is 150. The molecule has 2 heterocycles. The van der Waals surface area contributed by atoms with E-state index in [2.05, 4.69) is 52.4 Å². The van der Waals surface area contributed by atoms with E-state index < -0.39 is 126 Å². The monoisotopic (exact) mass is 1430 g/mol. The van der Waals surface area contributed by atoms with Crippen LogP contribution in [0.2, 0.25) is 5.02 Å². The molecule has 0 spiro atoms. The molecule has 5 aromatic rings. The van der Waals surface area contributed by atoms with E-state index in [1.54, 1.807) is 68.4 Å². The van der Waals surface area contributed by atoms with E-state index in [1.165, 1.54) is 11.8 Å². The van der Waals surface area contributed by atoms with E-state index in [9.17, 15) is 48.3 Å². The van der Waals surface area contributed by atoms with Crippen molar-refractivity contribution in [3.8, 4) is 0 Å². The molecule has 2 saturated heterocycles. The van der Waals surface area contributed by atoms with Gasteiger partial charge in [0.2, 0.25) is 59.1 Å². The summed E-state index contributed by atoms with van der Waals surface area (Å²) in [6.07, 6.45) is 0.855. The lowest BCUT2D eigenvalue weighted by Crippen LogP contribution is -2.61. The second-order valence-corrected chi connectivity index (χ2v) is 27.5. The number of primary amides is 1. The van der Waals surface area contributed by atoms with Crippen molar-refractivity contribution in [3.63, 3.8) is 0 Å². The van der Waals surface area contributed by atoms with E-state index in [4.69, 9.17) is 39.3 Å². The molecule has 27 nitrogen and oxygen atoms in total. The van der Waals surface area contributed by atoms with Gasteiger partial charge in [0.25, 0.3) is 0 Å². The van der Waals surface area contributed by atoms with E-state index >= 15 is 4.79 Å². The Kier molecular flexibility index (Phi) is 31.0. The summed E-state index contributed by atoms with van der Waals surface area (Å²) in [5.41, 5.74) is 26.8. The SMILES string of the molecule is CC(C)C[C@H](NC(=O)[C@H](CO)NC(=O)[C@@H](Cc1ccccc1)NC(=O)[C@@H](Cc1ccc(Cl)cc1)NC(=O)[C@H](N)Cc1cccc2ccccc12)C(=O)N[C@H](Cc1ccc(CN2CCOCC2)cc1)C(=O)N[C@@H](CC(C)C)C(=O)N[C@@H](CCCN=C(N)N)C(=O)N1CCC[C@H]1C(=O)N[C@H](C)C(N)=O.